The van der Waals surface area contributed by atoms with Gasteiger partial charge in [0.05, 0.1) is 11.0 Å². The first-order valence-corrected chi connectivity index (χ1v) is 8.49. The average Bonchev–Trinajstić information content (AvgIpc) is 2.67. The van der Waals surface area contributed by atoms with Gasteiger partial charge in [0.1, 0.15) is 0 Å². The van der Waals surface area contributed by atoms with Crippen LogP contribution in [0.3, 0.4) is 0 Å². The Kier molecular flexibility index (Phi) is 4.70. The molecule has 3 atom stereocenters. The van der Waals surface area contributed by atoms with Crippen molar-refractivity contribution in [3.8, 4) is 0 Å². The predicted octanol–water partition coefficient (Wildman–Crippen LogP) is 3.37. The smallest absolute Gasteiger partial charge is 0.0509 e. The molecule has 0 spiro atoms. The first kappa shape index (κ1) is 15.0. The van der Waals surface area contributed by atoms with Gasteiger partial charge in [-0.3, -0.25) is 4.21 Å². The fourth-order valence-corrected chi connectivity index (χ4v) is 5.32. The van der Waals surface area contributed by atoms with Gasteiger partial charge in [-0.2, -0.15) is 0 Å². The second kappa shape index (κ2) is 5.94. The molecule has 2 nitrogen and oxygen atoms in total. The summed E-state index contributed by atoms with van der Waals surface area (Å²) in [6.45, 7) is 4.50. The molecule has 1 fully saturated rings. The van der Waals surface area contributed by atoms with Crippen LogP contribution in [0.25, 0.3) is 0 Å². The minimum Gasteiger partial charge on any atom is -0.315 e. The zero-order valence-electron chi connectivity index (χ0n) is 11.8. The number of hydrogen-bond acceptors (Lipinski definition) is 2. The van der Waals surface area contributed by atoms with Crippen molar-refractivity contribution < 1.29 is 4.21 Å². The van der Waals surface area contributed by atoms with E-state index in [0.29, 0.717) is 16.8 Å². The maximum Gasteiger partial charge on any atom is 0.0509 e. The minimum absolute atomic E-state index is 0.218. The molecule has 1 N–H and O–H groups in total. The maximum absolute atomic E-state index is 12.6. The summed E-state index contributed by atoms with van der Waals surface area (Å²) in [4.78, 5) is 0. The van der Waals surface area contributed by atoms with Crippen molar-refractivity contribution in [3.05, 3.63) is 34.9 Å². The molecule has 0 radical (unpaired) electrons. The Bertz CT molecular complexity index is 475. The first-order valence-electron chi connectivity index (χ1n) is 6.73. The number of benzene rings is 1. The second-order valence-electron chi connectivity index (χ2n) is 5.95. The van der Waals surface area contributed by atoms with Gasteiger partial charge in [0.15, 0.2) is 0 Å². The van der Waals surface area contributed by atoms with E-state index in [9.17, 15) is 4.21 Å². The fourth-order valence-electron chi connectivity index (χ4n) is 3.08. The third-order valence-electron chi connectivity index (χ3n) is 4.19. The Labute approximate surface area is 123 Å². The van der Waals surface area contributed by atoms with Crippen LogP contribution in [0.2, 0.25) is 5.02 Å². The third kappa shape index (κ3) is 3.21. The van der Waals surface area contributed by atoms with E-state index in [4.69, 9.17) is 11.6 Å². The van der Waals surface area contributed by atoms with E-state index >= 15 is 0 Å². The van der Waals surface area contributed by atoms with E-state index in [1.165, 1.54) is 0 Å². The quantitative estimate of drug-likeness (QED) is 0.923. The molecule has 2 rings (SSSR count). The lowest BCUT2D eigenvalue weighted by atomic mass is 9.87. The highest BCUT2D eigenvalue weighted by atomic mass is 35.5. The molecule has 0 saturated heterocycles. The summed E-state index contributed by atoms with van der Waals surface area (Å²) in [5.41, 5.74) is 1.21. The van der Waals surface area contributed by atoms with Crippen LogP contribution < -0.4 is 5.32 Å². The molecule has 0 heterocycles. The van der Waals surface area contributed by atoms with Crippen LogP contribution in [0.15, 0.2) is 24.3 Å². The van der Waals surface area contributed by atoms with Crippen molar-refractivity contribution in [2.45, 2.75) is 43.7 Å². The van der Waals surface area contributed by atoms with Gasteiger partial charge in [-0.05, 0) is 36.9 Å². The molecule has 3 unspecified atom stereocenters. The van der Waals surface area contributed by atoms with E-state index in [2.05, 4.69) is 19.2 Å². The normalized spacial score (nSPS) is 27.4. The van der Waals surface area contributed by atoms with Crippen LogP contribution in [0.5, 0.6) is 0 Å². The lowest BCUT2D eigenvalue weighted by Gasteiger charge is -2.30. The topological polar surface area (TPSA) is 29.1 Å². The summed E-state index contributed by atoms with van der Waals surface area (Å²) in [6.07, 6.45) is 2.15. The average molecular weight is 300 g/mol. The molecule has 19 heavy (non-hydrogen) atoms. The summed E-state index contributed by atoms with van der Waals surface area (Å²) in [5.74, 6) is 0.554. The molecule has 0 amide bonds. The Hall–Kier alpha value is -0.380. The van der Waals surface area contributed by atoms with Crippen molar-refractivity contribution in [1.82, 2.24) is 5.32 Å². The number of hydrogen-bond donors (Lipinski definition) is 1. The minimum atomic E-state index is -0.880. The Morgan fingerprint density at radius 3 is 2.74 bits per heavy atom. The largest absolute Gasteiger partial charge is 0.315 e. The van der Waals surface area contributed by atoms with E-state index in [0.717, 1.165) is 18.4 Å². The van der Waals surface area contributed by atoms with Crippen LogP contribution in [-0.4, -0.2) is 22.5 Å². The fraction of sp³-hybridized carbons (Fsp3) is 0.600. The van der Waals surface area contributed by atoms with Crippen LogP contribution in [0.4, 0.5) is 0 Å². The Morgan fingerprint density at radius 1 is 1.42 bits per heavy atom. The van der Waals surface area contributed by atoms with Crippen molar-refractivity contribution in [2.24, 2.45) is 5.41 Å². The summed E-state index contributed by atoms with van der Waals surface area (Å²) < 4.78 is 12.6. The maximum atomic E-state index is 12.6. The van der Waals surface area contributed by atoms with E-state index in [1.54, 1.807) is 0 Å². The third-order valence-corrected chi connectivity index (χ3v) is 6.34. The molecule has 0 aromatic heterocycles. The monoisotopic (exact) mass is 299 g/mol. The Morgan fingerprint density at radius 2 is 2.11 bits per heavy atom. The van der Waals surface area contributed by atoms with Gasteiger partial charge in [0, 0.05) is 21.9 Å². The van der Waals surface area contributed by atoms with Crippen LogP contribution in [0, 0.1) is 5.41 Å². The van der Waals surface area contributed by atoms with Crippen LogP contribution >= 0.6 is 11.6 Å². The molecule has 1 aromatic rings. The van der Waals surface area contributed by atoms with Gasteiger partial charge in [0.25, 0.3) is 0 Å². The molecule has 106 valence electrons. The highest BCUT2D eigenvalue weighted by Gasteiger charge is 2.43. The number of rotatable bonds is 4. The highest BCUT2D eigenvalue weighted by Crippen LogP contribution is 2.40. The molecule has 0 aliphatic heterocycles. The van der Waals surface area contributed by atoms with Gasteiger partial charge in [-0.25, -0.2) is 0 Å². The predicted molar refractivity (Wildman–Crippen MR) is 82.9 cm³/mol. The van der Waals surface area contributed by atoms with Gasteiger partial charge >= 0.3 is 0 Å². The SMILES string of the molecule is CNC1C(S(=O)Cc2ccccc2Cl)CCC1(C)C. The van der Waals surface area contributed by atoms with E-state index in [1.807, 2.05) is 31.3 Å². The second-order valence-corrected chi connectivity index (χ2v) is 8.01. The zero-order chi connectivity index (χ0) is 14.0. The van der Waals surface area contributed by atoms with Crippen molar-refractivity contribution in [2.75, 3.05) is 7.05 Å². The molecule has 4 heteroatoms. The number of halogens is 1. The molecule has 0 bridgehead atoms. The first-order chi connectivity index (χ1) is 8.95. The van der Waals surface area contributed by atoms with Crippen molar-refractivity contribution >= 4 is 22.4 Å². The number of nitrogens with one attached hydrogen (secondary N) is 1. The summed E-state index contributed by atoms with van der Waals surface area (Å²) in [7, 11) is 1.09. The van der Waals surface area contributed by atoms with Gasteiger partial charge in [0.2, 0.25) is 0 Å². The van der Waals surface area contributed by atoms with Gasteiger partial charge in [-0.1, -0.05) is 43.6 Å². The van der Waals surface area contributed by atoms with Crippen molar-refractivity contribution in [3.63, 3.8) is 0 Å². The molecular weight excluding hydrogens is 278 g/mol. The summed E-state index contributed by atoms with van der Waals surface area (Å²) >= 11 is 6.15. The molecule has 1 aliphatic rings. The molecule has 1 aliphatic carbocycles. The molecular formula is C15H22ClNOS. The van der Waals surface area contributed by atoms with Gasteiger partial charge in [-0.15, -0.1) is 0 Å². The van der Waals surface area contributed by atoms with E-state index < -0.39 is 10.8 Å². The van der Waals surface area contributed by atoms with Crippen LogP contribution in [0.1, 0.15) is 32.3 Å². The zero-order valence-corrected chi connectivity index (χ0v) is 13.4. The standard InChI is InChI=1S/C15H22ClNOS/c1-15(2)9-8-13(14(15)17-3)19(18)10-11-6-4-5-7-12(11)16/h4-7,13-14,17H,8-10H2,1-3H3. The highest BCUT2D eigenvalue weighted by molar-refractivity contribution is 7.84. The van der Waals surface area contributed by atoms with E-state index in [-0.39, 0.29) is 10.7 Å². The Balaban J connectivity index is 2.11. The van der Waals surface area contributed by atoms with Crippen molar-refractivity contribution in [1.29, 1.82) is 0 Å². The van der Waals surface area contributed by atoms with Gasteiger partial charge < -0.3 is 5.32 Å². The summed E-state index contributed by atoms with van der Waals surface area (Å²) in [5, 5.41) is 4.30. The van der Waals surface area contributed by atoms with Crippen LogP contribution in [-0.2, 0) is 16.6 Å². The molecule has 1 saturated carbocycles. The lowest BCUT2D eigenvalue weighted by Crippen LogP contribution is -2.44. The molecule has 1 aromatic carbocycles. The summed E-state index contributed by atoms with van der Waals surface area (Å²) in [6, 6.07) is 8.00. The lowest BCUT2D eigenvalue weighted by molar-refractivity contribution is 0.299.